The summed E-state index contributed by atoms with van der Waals surface area (Å²) in [5, 5.41) is 12.3. The first kappa shape index (κ1) is 13.9. The molecule has 0 unspecified atom stereocenters. The Labute approximate surface area is 87.8 Å². The van der Waals surface area contributed by atoms with E-state index in [4.69, 9.17) is 9.84 Å². The van der Waals surface area contributed by atoms with E-state index in [0.29, 0.717) is 0 Å². The zero-order valence-corrected chi connectivity index (χ0v) is 10.2. The Morgan fingerprint density at radius 2 is 1.71 bits per heavy atom. The molecule has 0 aliphatic rings. The Bertz CT molecular complexity index is 155. The minimum absolute atomic E-state index is 0.0125. The minimum Gasteiger partial charge on any atom is -0.396 e. The first-order valence-electron chi connectivity index (χ1n) is 5.24. The van der Waals surface area contributed by atoms with E-state index in [0.717, 1.165) is 19.4 Å². The molecular weight excluding hydrogens is 178 g/mol. The highest BCUT2D eigenvalue weighted by Crippen LogP contribution is 2.13. The largest absolute Gasteiger partial charge is 0.396 e. The van der Waals surface area contributed by atoms with Crippen molar-refractivity contribution in [3.05, 3.63) is 0 Å². The molecule has 0 bridgehead atoms. The van der Waals surface area contributed by atoms with Crippen LogP contribution >= 0.6 is 0 Å². The molecule has 86 valence electrons. The van der Waals surface area contributed by atoms with E-state index in [1.807, 2.05) is 0 Å². The lowest BCUT2D eigenvalue weighted by Crippen LogP contribution is -2.42. The Hall–Kier alpha value is -0.120. The molecule has 0 aliphatic carbocycles. The highest BCUT2D eigenvalue weighted by Gasteiger charge is 2.19. The van der Waals surface area contributed by atoms with E-state index in [1.54, 1.807) is 7.11 Å². The summed E-state index contributed by atoms with van der Waals surface area (Å²) < 4.78 is 5.32. The predicted molar refractivity (Wildman–Crippen MR) is 59.5 cm³/mol. The quantitative estimate of drug-likeness (QED) is 0.659. The van der Waals surface area contributed by atoms with Crippen LogP contribution in [0.2, 0.25) is 0 Å². The number of ether oxygens (including phenoxy) is 1. The van der Waals surface area contributed by atoms with Crippen molar-refractivity contribution >= 4 is 0 Å². The SMILES string of the molecule is COC(C)(C)CCNC(C)(C)CCO. The molecule has 0 aromatic carbocycles. The summed E-state index contributed by atoms with van der Waals surface area (Å²) >= 11 is 0. The van der Waals surface area contributed by atoms with Crippen LogP contribution in [0, 0.1) is 0 Å². The third-order valence-corrected chi connectivity index (χ3v) is 2.62. The fourth-order valence-corrected chi connectivity index (χ4v) is 1.17. The molecule has 3 heteroatoms. The third kappa shape index (κ3) is 6.35. The van der Waals surface area contributed by atoms with Gasteiger partial charge in [0.1, 0.15) is 0 Å². The molecule has 14 heavy (non-hydrogen) atoms. The van der Waals surface area contributed by atoms with Crippen LogP contribution in [0.25, 0.3) is 0 Å². The van der Waals surface area contributed by atoms with Gasteiger partial charge in [-0.2, -0.15) is 0 Å². The molecule has 0 radical (unpaired) electrons. The average molecular weight is 203 g/mol. The zero-order chi connectivity index (χ0) is 11.2. The fraction of sp³-hybridized carbons (Fsp3) is 1.00. The highest BCUT2D eigenvalue weighted by molar-refractivity contribution is 4.79. The molecule has 3 nitrogen and oxygen atoms in total. The summed E-state index contributed by atoms with van der Waals surface area (Å²) in [6.07, 6.45) is 1.75. The zero-order valence-electron chi connectivity index (χ0n) is 10.2. The van der Waals surface area contributed by atoms with Gasteiger partial charge in [0.25, 0.3) is 0 Å². The molecule has 0 aromatic heterocycles. The number of methoxy groups -OCH3 is 1. The van der Waals surface area contributed by atoms with Crippen LogP contribution in [-0.4, -0.2) is 36.5 Å². The van der Waals surface area contributed by atoms with Crippen molar-refractivity contribution in [2.45, 2.75) is 51.7 Å². The minimum atomic E-state index is -0.0672. The van der Waals surface area contributed by atoms with Gasteiger partial charge in [0.15, 0.2) is 0 Å². The average Bonchev–Trinajstić information content (AvgIpc) is 2.03. The van der Waals surface area contributed by atoms with Gasteiger partial charge in [0.2, 0.25) is 0 Å². The van der Waals surface area contributed by atoms with Gasteiger partial charge in [-0.3, -0.25) is 0 Å². The molecule has 0 aromatic rings. The maximum Gasteiger partial charge on any atom is 0.0634 e. The number of rotatable bonds is 7. The summed E-state index contributed by atoms with van der Waals surface area (Å²) in [7, 11) is 1.73. The van der Waals surface area contributed by atoms with Gasteiger partial charge in [0.05, 0.1) is 5.60 Å². The lowest BCUT2D eigenvalue weighted by Gasteiger charge is -2.29. The maximum absolute atomic E-state index is 8.84. The second-order valence-corrected chi connectivity index (χ2v) is 5.00. The van der Waals surface area contributed by atoms with Crippen LogP contribution in [0.5, 0.6) is 0 Å². The lowest BCUT2D eigenvalue weighted by molar-refractivity contribution is 0.0143. The van der Waals surface area contributed by atoms with Crippen molar-refractivity contribution in [2.24, 2.45) is 0 Å². The standard InChI is InChI=1S/C11H25NO2/c1-10(2,7-9-13)12-8-6-11(3,4)14-5/h12-13H,6-9H2,1-5H3. The molecule has 2 N–H and O–H groups in total. The molecule has 0 saturated heterocycles. The van der Waals surface area contributed by atoms with Crippen molar-refractivity contribution in [1.82, 2.24) is 5.32 Å². The Morgan fingerprint density at radius 1 is 1.14 bits per heavy atom. The Morgan fingerprint density at radius 3 is 2.14 bits per heavy atom. The summed E-state index contributed by atoms with van der Waals surface area (Å²) in [4.78, 5) is 0. The Balaban J connectivity index is 3.73. The van der Waals surface area contributed by atoms with E-state index in [9.17, 15) is 0 Å². The van der Waals surface area contributed by atoms with Crippen LogP contribution in [0.1, 0.15) is 40.5 Å². The molecule has 0 saturated carbocycles. The van der Waals surface area contributed by atoms with Gasteiger partial charge < -0.3 is 15.2 Å². The van der Waals surface area contributed by atoms with Crippen molar-refractivity contribution in [3.8, 4) is 0 Å². The summed E-state index contributed by atoms with van der Waals surface area (Å²) in [5.74, 6) is 0. The van der Waals surface area contributed by atoms with Gasteiger partial charge in [0, 0.05) is 19.3 Å². The smallest absolute Gasteiger partial charge is 0.0634 e. The first-order valence-corrected chi connectivity index (χ1v) is 5.24. The van der Waals surface area contributed by atoms with Crippen molar-refractivity contribution in [1.29, 1.82) is 0 Å². The predicted octanol–water partition coefficient (Wildman–Crippen LogP) is 1.55. The molecule has 0 heterocycles. The van der Waals surface area contributed by atoms with Gasteiger partial charge in [-0.05, 0) is 47.1 Å². The molecule has 0 spiro atoms. The molecule has 0 aliphatic heterocycles. The van der Waals surface area contributed by atoms with Crippen LogP contribution < -0.4 is 5.32 Å². The summed E-state index contributed by atoms with van der Waals surface area (Å²) in [6, 6.07) is 0. The second kappa shape index (κ2) is 5.69. The topological polar surface area (TPSA) is 41.5 Å². The van der Waals surface area contributed by atoms with Crippen molar-refractivity contribution in [2.75, 3.05) is 20.3 Å². The number of nitrogens with one attached hydrogen (secondary N) is 1. The number of hydrogen-bond donors (Lipinski definition) is 2. The molecule has 0 atom stereocenters. The van der Waals surface area contributed by atoms with Gasteiger partial charge in [-0.1, -0.05) is 0 Å². The van der Waals surface area contributed by atoms with Crippen LogP contribution in [0.4, 0.5) is 0 Å². The van der Waals surface area contributed by atoms with Gasteiger partial charge in [-0.15, -0.1) is 0 Å². The van der Waals surface area contributed by atoms with E-state index in [2.05, 4.69) is 33.0 Å². The summed E-state index contributed by atoms with van der Waals surface area (Å²) in [6.45, 7) is 9.50. The van der Waals surface area contributed by atoms with Gasteiger partial charge >= 0.3 is 0 Å². The van der Waals surface area contributed by atoms with E-state index in [1.165, 1.54) is 0 Å². The normalized spacial score (nSPS) is 13.3. The van der Waals surface area contributed by atoms with Crippen LogP contribution in [0.3, 0.4) is 0 Å². The number of hydrogen-bond acceptors (Lipinski definition) is 3. The summed E-state index contributed by atoms with van der Waals surface area (Å²) in [5.41, 5.74) is -0.0547. The van der Waals surface area contributed by atoms with Crippen molar-refractivity contribution in [3.63, 3.8) is 0 Å². The fourth-order valence-electron chi connectivity index (χ4n) is 1.17. The molecule has 0 amide bonds. The second-order valence-electron chi connectivity index (χ2n) is 5.00. The Kier molecular flexibility index (Phi) is 5.64. The van der Waals surface area contributed by atoms with Crippen LogP contribution in [0.15, 0.2) is 0 Å². The number of aliphatic hydroxyl groups excluding tert-OH is 1. The van der Waals surface area contributed by atoms with E-state index in [-0.39, 0.29) is 17.7 Å². The monoisotopic (exact) mass is 203 g/mol. The highest BCUT2D eigenvalue weighted by atomic mass is 16.5. The lowest BCUT2D eigenvalue weighted by atomic mass is 9.99. The first-order chi connectivity index (χ1) is 6.33. The maximum atomic E-state index is 8.84. The van der Waals surface area contributed by atoms with Crippen LogP contribution in [-0.2, 0) is 4.74 Å². The van der Waals surface area contributed by atoms with Gasteiger partial charge in [-0.25, -0.2) is 0 Å². The number of aliphatic hydroxyl groups is 1. The molecule has 0 rings (SSSR count). The van der Waals surface area contributed by atoms with E-state index < -0.39 is 0 Å². The molecule has 0 fully saturated rings. The van der Waals surface area contributed by atoms with Crippen molar-refractivity contribution < 1.29 is 9.84 Å². The van der Waals surface area contributed by atoms with E-state index >= 15 is 0 Å². The third-order valence-electron chi connectivity index (χ3n) is 2.62. The molecular formula is C11H25NO2.